The van der Waals surface area contributed by atoms with Gasteiger partial charge in [-0.05, 0) is 36.5 Å². The molecule has 2 N–H and O–H groups in total. The summed E-state index contributed by atoms with van der Waals surface area (Å²) in [5.74, 6) is 1.74. The van der Waals surface area contributed by atoms with E-state index in [1.54, 1.807) is 0 Å². The first kappa shape index (κ1) is 14.3. The van der Waals surface area contributed by atoms with Gasteiger partial charge in [0.15, 0.2) is 5.82 Å². The van der Waals surface area contributed by atoms with Crippen LogP contribution in [0.5, 0.6) is 0 Å². The van der Waals surface area contributed by atoms with Crippen molar-refractivity contribution in [1.82, 2.24) is 10.1 Å². The first-order valence-corrected chi connectivity index (χ1v) is 7.82. The molecular weight excluding hydrogens is 262 g/mol. The summed E-state index contributed by atoms with van der Waals surface area (Å²) in [5, 5.41) is 4.13. The number of hydrogen-bond donors (Lipinski definition) is 1. The highest BCUT2D eigenvalue weighted by Crippen LogP contribution is 2.34. The summed E-state index contributed by atoms with van der Waals surface area (Å²) in [6.45, 7) is 4.36. The van der Waals surface area contributed by atoms with Gasteiger partial charge in [0.1, 0.15) is 0 Å². The maximum absolute atomic E-state index is 6.45. The van der Waals surface area contributed by atoms with E-state index in [1.807, 2.05) is 12.1 Å². The van der Waals surface area contributed by atoms with Crippen LogP contribution < -0.4 is 5.73 Å². The monoisotopic (exact) mass is 285 g/mol. The Balaban J connectivity index is 1.84. The van der Waals surface area contributed by atoms with Crippen LogP contribution in [-0.4, -0.2) is 10.1 Å². The zero-order valence-corrected chi connectivity index (χ0v) is 12.8. The molecule has 0 saturated heterocycles. The van der Waals surface area contributed by atoms with Crippen LogP contribution in [0.4, 0.5) is 0 Å². The second kappa shape index (κ2) is 5.60. The lowest BCUT2D eigenvalue weighted by molar-refractivity contribution is 0.275. The van der Waals surface area contributed by atoms with Crippen molar-refractivity contribution in [2.24, 2.45) is 5.73 Å². The molecule has 3 rings (SSSR count). The molecule has 0 aliphatic heterocycles. The fourth-order valence-electron chi connectivity index (χ4n) is 2.96. The normalized spacial score (nSPS) is 18.1. The lowest BCUT2D eigenvalue weighted by atomic mass is 9.82. The van der Waals surface area contributed by atoms with Gasteiger partial charge in [0.05, 0.1) is 5.54 Å². The Kier molecular flexibility index (Phi) is 3.81. The van der Waals surface area contributed by atoms with Crippen LogP contribution in [-0.2, 0) is 5.54 Å². The molecule has 21 heavy (non-hydrogen) atoms. The number of benzene rings is 1. The van der Waals surface area contributed by atoms with Crippen molar-refractivity contribution < 1.29 is 4.52 Å². The predicted octanol–water partition coefficient (Wildman–Crippen LogP) is 3.98. The first-order chi connectivity index (χ1) is 10.1. The molecule has 1 aliphatic rings. The van der Waals surface area contributed by atoms with E-state index < -0.39 is 5.54 Å². The van der Waals surface area contributed by atoms with Crippen LogP contribution in [0, 0.1) is 0 Å². The maximum atomic E-state index is 6.45. The molecular formula is C17H23N3O. The number of nitrogens with zero attached hydrogens (tertiary/aromatic N) is 2. The van der Waals surface area contributed by atoms with E-state index in [9.17, 15) is 0 Å². The molecule has 1 aliphatic carbocycles. The standard InChI is InChI=1S/C17H23N3O/c1-12(2)13-6-8-14(9-7-13)15-19-16(20-21-15)17(18)10-4-3-5-11-17/h6-9,12H,3-5,10-11,18H2,1-2H3. The van der Waals surface area contributed by atoms with E-state index in [2.05, 4.69) is 36.1 Å². The molecule has 112 valence electrons. The maximum Gasteiger partial charge on any atom is 0.257 e. The van der Waals surface area contributed by atoms with Crippen LogP contribution in [0.15, 0.2) is 28.8 Å². The van der Waals surface area contributed by atoms with Crippen LogP contribution in [0.25, 0.3) is 11.5 Å². The van der Waals surface area contributed by atoms with Crippen LogP contribution in [0.1, 0.15) is 63.3 Å². The van der Waals surface area contributed by atoms with Crippen molar-refractivity contribution >= 4 is 0 Å². The van der Waals surface area contributed by atoms with Crippen molar-refractivity contribution in [3.8, 4) is 11.5 Å². The minimum Gasteiger partial charge on any atom is -0.334 e. The van der Waals surface area contributed by atoms with Crippen molar-refractivity contribution in [3.63, 3.8) is 0 Å². The molecule has 0 spiro atoms. The van der Waals surface area contributed by atoms with Crippen LogP contribution in [0.2, 0.25) is 0 Å². The summed E-state index contributed by atoms with van der Waals surface area (Å²) in [6, 6.07) is 8.30. The van der Waals surface area contributed by atoms with Gasteiger partial charge < -0.3 is 10.3 Å². The van der Waals surface area contributed by atoms with Crippen molar-refractivity contribution in [2.75, 3.05) is 0 Å². The van der Waals surface area contributed by atoms with Crippen molar-refractivity contribution in [1.29, 1.82) is 0 Å². The van der Waals surface area contributed by atoms with Gasteiger partial charge in [0.25, 0.3) is 5.89 Å². The molecule has 1 aromatic heterocycles. The molecule has 0 atom stereocenters. The molecule has 4 nitrogen and oxygen atoms in total. The highest BCUT2D eigenvalue weighted by Gasteiger charge is 2.34. The fraction of sp³-hybridized carbons (Fsp3) is 0.529. The van der Waals surface area contributed by atoms with Gasteiger partial charge in [0.2, 0.25) is 0 Å². The van der Waals surface area contributed by atoms with Gasteiger partial charge in [-0.15, -0.1) is 0 Å². The van der Waals surface area contributed by atoms with E-state index in [1.165, 1.54) is 12.0 Å². The largest absolute Gasteiger partial charge is 0.334 e. The third-order valence-electron chi connectivity index (χ3n) is 4.44. The van der Waals surface area contributed by atoms with Crippen LogP contribution >= 0.6 is 0 Å². The van der Waals surface area contributed by atoms with E-state index in [4.69, 9.17) is 10.3 Å². The molecule has 1 fully saturated rings. The quantitative estimate of drug-likeness (QED) is 0.926. The van der Waals surface area contributed by atoms with E-state index in [0.29, 0.717) is 17.6 Å². The number of nitrogens with two attached hydrogens (primary N) is 1. The molecule has 0 radical (unpaired) electrons. The van der Waals surface area contributed by atoms with Gasteiger partial charge >= 0.3 is 0 Å². The Morgan fingerprint density at radius 3 is 2.38 bits per heavy atom. The van der Waals surface area contributed by atoms with Gasteiger partial charge in [-0.2, -0.15) is 4.98 Å². The Hall–Kier alpha value is -1.68. The van der Waals surface area contributed by atoms with Gasteiger partial charge in [0, 0.05) is 5.56 Å². The second-order valence-electron chi connectivity index (χ2n) is 6.42. The van der Waals surface area contributed by atoms with E-state index >= 15 is 0 Å². The fourth-order valence-corrected chi connectivity index (χ4v) is 2.96. The topological polar surface area (TPSA) is 64.9 Å². The summed E-state index contributed by atoms with van der Waals surface area (Å²) >= 11 is 0. The minimum absolute atomic E-state index is 0.405. The van der Waals surface area contributed by atoms with Crippen molar-refractivity contribution in [2.45, 2.75) is 57.4 Å². The third kappa shape index (κ3) is 2.86. The molecule has 0 bridgehead atoms. The summed E-state index contributed by atoms with van der Waals surface area (Å²) in [5.41, 5.74) is 8.31. The number of hydrogen-bond acceptors (Lipinski definition) is 4. The lowest BCUT2D eigenvalue weighted by Crippen LogP contribution is -2.39. The van der Waals surface area contributed by atoms with E-state index in [-0.39, 0.29) is 0 Å². The molecule has 0 unspecified atom stereocenters. The Morgan fingerprint density at radius 2 is 1.76 bits per heavy atom. The highest BCUT2D eigenvalue weighted by molar-refractivity contribution is 5.53. The molecule has 4 heteroatoms. The summed E-state index contributed by atoms with van der Waals surface area (Å²) < 4.78 is 5.43. The molecule has 0 amide bonds. The Bertz CT molecular complexity index is 595. The van der Waals surface area contributed by atoms with Gasteiger partial charge in [-0.3, -0.25) is 0 Å². The molecule has 2 aromatic rings. The molecule has 1 aromatic carbocycles. The average molecular weight is 285 g/mol. The number of rotatable bonds is 3. The molecule has 1 heterocycles. The Morgan fingerprint density at radius 1 is 1.10 bits per heavy atom. The number of aromatic nitrogens is 2. The average Bonchev–Trinajstić information content (AvgIpc) is 2.99. The molecule has 1 saturated carbocycles. The third-order valence-corrected chi connectivity index (χ3v) is 4.44. The SMILES string of the molecule is CC(C)c1ccc(-c2nc(C3(N)CCCCC3)no2)cc1. The summed E-state index contributed by atoms with van der Waals surface area (Å²) in [7, 11) is 0. The second-order valence-corrected chi connectivity index (χ2v) is 6.42. The highest BCUT2D eigenvalue weighted by atomic mass is 16.5. The van der Waals surface area contributed by atoms with E-state index in [0.717, 1.165) is 31.2 Å². The van der Waals surface area contributed by atoms with Crippen molar-refractivity contribution in [3.05, 3.63) is 35.7 Å². The Labute approximate surface area is 125 Å². The minimum atomic E-state index is -0.405. The van der Waals surface area contributed by atoms with Gasteiger partial charge in [-0.25, -0.2) is 0 Å². The smallest absolute Gasteiger partial charge is 0.257 e. The van der Waals surface area contributed by atoms with Gasteiger partial charge in [-0.1, -0.05) is 50.4 Å². The summed E-state index contributed by atoms with van der Waals surface area (Å²) in [6.07, 6.45) is 5.42. The first-order valence-electron chi connectivity index (χ1n) is 7.82. The summed E-state index contributed by atoms with van der Waals surface area (Å²) in [4.78, 5) is 4.55. The predicted molar refractivity (Wildman–Crippen MR) is 82.8 cm³/mol. The zero-order valence-electron chi connectivity index (χ0n) is 12.8. The lowest BCUT2D eigenvalue weighted by Gasteiger charge is -2.29. The zero-order chi connectivity index (χ0) is 14.9. The van der Waals surface area contributed by atoms with Crippen LogP contribution in [0.3, 0.4) is 0 Å².